The number of H-pyrrole nitrogens is 1. The summed E-state index contributed by atoms with van der Waals surface area (Å²) in [6.45, 7) is 11.9. The van der Waals surface area contributed by atoms with Crippen molar-refractivity contribution < 1.29 is 28.6 Å². The van der Waals surface area contributed by atoms with E-state index in [0.717, 1.165) is 11.1 Å². The first-order valence-electron chi connectivity index (χ1n) is 14.3. The minimum Gasteiger partial charge on any atom is -0.487 e. The summed E-state index contributed by atoms with van der Waals surface area (Å²) in [7, 11) is 0. The van der Waals surface area contributed by atoms with E-state index in [0.29, 0.717) is 35.4 Å². The summed E-state index contributed by atoms with van der Waals surface area (Å²) in [6.07, 6.45) is 0. The van der Waals surface area contributed by atoms with Crippen LogP contribution in [-0.2, 0) is 27.4 Å². The molecular weight excluding hydrogens is 580 g/mol. The zero-order valence-corrected chi connectivity index (χ0v) is 27.0. The Hall–Kier alpha value is -4.14. The number of ketones is 1. The third kappa shape index (κ3) is 8.94. The maximum atomic E-state index is 13.8. The molecule has 0 spiro atoms. The lowest BCUT2D eigenvalue weighted by Crippen LogP contribution is -2.43. The van der Waals surface area contributed by atoms with E-state index in [1.807, 2.05) is 60.7 Å². The van der Waals surface area contributed by atoms with Gasteiger partial charge in [0, 0.05) is 23.0 Å². The number of hydrogen-bond acceptors (Lipinski definition) is 7. The molecular formula is C35H41ClN2O6. The molecule has 1 aromatic heterocycles. The van der Waals surface area contributed by atoms with Crippen molar-refractivity contribution in [3.8, 4) is 5.75 Å². The second-order valence-electron chi connectivity index (χ2n) is 12.5. The Labute approximate surface area is 265 Å². The van der Waals surface area contributed by atoms with Crippen LogP contribution in [0.5, 0.6) is 5.75 Å². The second-order valence-corrected chi connectivity index (χ2v) is 12.5. The van der Waals surface area contributed by atoms with E-state index < -0.39 is 24.1 Å². The SMILES string of the molecule is CC(C)(C)C(=O)OCOC(=O)c1cc2c(C(=O)CN(Cc3ccccc3)C(C)(C)C)ccc(OCc3ccccc3)c2[nH]1.Cl. The van der Waals surface area contributed by atoms with Crippen LogP contribution in [0.2, 0.25) is 0 Å². The Morgan fingerprint density at radius 3 is 2.00 bits per heavy atom. The van der Waals surface area contributed by atoms with Gasteiger partial charge in [0.15, 0.2) is 5.78 Å². The number of aromatic nitrogens is 1. The third-order valence-corrected chi connectivity index (χ3v) is 7.00. The van der Waals surface area contributed by atoms with Gasteiger partial charge in [0.2, 0.25) is 6.79 Å². The summed E-state index contributed by atoms with van der Waals surface area (Å²) in [5, 5.41) is 0.544. The summed E-state index contributed by atoms with van der Waals surface area (Å²) in [5.41, 5.74) is 2.16. The van der Waals surface area contributed by atoms with Crippen molar-refractivity contribution in [1.29, 1.82) is 0 Å². The van der Waals surface area contributed by atoms with Gasteiger partial charge in [-0.05, 0) is 70.9 Å². The number of fused-ring (bicyclic) bond motifs is 1. The number of esters is 2. The molecule has 0 saturated carbocycles. The van der Waals surface area contributed by atoms with Gasteiger partial charge < -0.3 is 19.2 Å². The third-order valence-electron chi connectivity index (χ3n) is 7.00. The monoisotopic (exact) mass is 620 g/mol. The Morgan fingerprint density at radius 1 is 0.795 bits per heavy atom. The fourth-order valence-corrected chi connectivity index (χ4v) is 4.43. The van der Waals surface area contributed by atoms with Crippen LogP contribution < -0.4 is 4.74 Å². The second kappa shape index (κ2) is 14.6. The molecule has 0 saturated heterocycles. The van der Waals surface area contributed by atoms with E-state index in [4.69, 9.17) is 14.2 Å². The lowest BCUT2D eigenvalue weighted by Gasteiger charge is -2.35. The molecule has 0 bridgehead atoms. The molecule has 0 fully saturated rings. The quantitative estimate of drug-likeness (QED) is 0.106. The van der Waals surface area contributed by atoms with Crippen molar-refractivity contribution in [2.24, 2.45) is 5.41 Å². The summed E-state index contributed by atoms with van der Waals surface area (Å²) in [4.78, 5) is 44.1. The van der Waals surface area contributed by atoms with E-state index >= 15 is 0 Å². The fourth-order valence-electron chi connectivity index (χ4n) is 4.43. The minimum atomic E-state index is -0.727. The Balaban J connectivity index is 0.00000529. The highest BCUT2D eigenvalue weighted by Gasteiger charge is 2.27. The normalized spacial score (nSPS) is 11.6. The van der Waals surface area contributed by atoms with Crippen LogP contribution in [0.3, 0.4) is 0 Å². The summed E-state index contributed by atoms with van der Waals surface area (Å²) in [5.74, 6) is -0.805. The Morgan fingerprint density at radius 2 is 1.41 bits per heavy atom. The lowest BCUT2D eigenvalue weighted by molar-refractivity contribution is -0.161. The van der Waals surface area contributed by atoms with E-state index in [9.17, 15) is 14.4 Å². The van der Waals surface area contributed by atoms with Crippen LogP contribution in [-0.4, -0.2) is 46.5 Å². The molecule has 0 radical (unpaired) electrons. The van der Waals surface area contributed by atoms with Crippen LogP contribution in [0.4, 0.5) is 0 Å². The number of hydrogen-bond donors (Lipinski definition) is 1. The Bertz CT molecular complexity index is 1570. The van der Waals surface area contributed by atoms with E-state index in [1.165, 1.54) is 0 Å². The number of aromatic amines is 1. The Kier molecular flexibility index (Phi) is 11.4. The molecule has 0 aliphatic rings. The van der Waals surface area contributed by atoms with Gasteiger partial charge in [-0.2, -0.15) is 0 Å². The van der Waals surface area contributed by atoms with Gasteiger partial charge in [0.05, 0.1) is 17.5 Å². The molecule has 9 heteroatoms. The van der Waals surface area contributed by atoms with Crippen molar-refractivity contribution >= 4 is 41.0 Å². The van der Waals surface area contributed by atoms with Gasteiger partial charge >= 0.3 is 11.9 Å². The number of Topliss-reactive ketones (excluding diaryl/α,β-unsaturated/α-hetero) is 1. The van der Waals surface area contributed by atoms with Gasteiger partial charge in [-0.15, -0.1) is 12.4 Å². The number of nitrogens with zero attached hydrogens (tertiary/aromatic N) is 1. The van der Waals surface area contributed by atoms with Gasteiger partial charge in [-0.25, -0.2) is 4.79 Å². The molecule has 0 amide bonds. The first-order valence-corrected chi connectivity index (χ1v) is 14.3. The highest BCUT2D eigenvalue weighted by Crippen LogP contribution is 2.31. The number of carbonyl (C=O) groups excluding carboxylic acids is 3. The highest BCUT2D eigenvalue weighted by atomic mass is 35.5. The molecule has 0 unspecified atom stereocenters. The van der Waals surface area contributed by atoms with E-state index in [2.05, 4.69) is 30.7 Å². The lowest BCUT2D eigenvalue weighted by atomic mass is 9.98. The summed E-state index contributed by atoms with van der Waals surface area (Å²) < 4.78 is 16.4. The predicted octanol–water partition coefficient (Wildman–Crippen LogP) is 7.36. The van der Waals surface area contributed by atoms with Crippen LogP contribution in [0, 0.1) is 5.41 Å². The fraction of sp³-hybridized carbons (Fsp3) is 0.343. The molecule has 1 heterocycles. The largest absolute Gasteiger partial charge is 0.487 e. The average Bonchev–Trinajstić information content (AvgIpc) is 3.41. The summed E-state index contributed by atoms with van der Waals surface area (Å²) >= 11 is 0. The van der Waals surface area contributed by atoms with Crippen LogP contribution >= 0.6 is 12.4 Å². The number of benzene rings is 3. The van der Waals surface area contributed by atoms with Crippen molar-refractivity contribution in [3.05, 3.63) is 101 Å². The number of carbonyl (C=O) groups is 3. The highest BCUT2D eigenvalue weighted by molar-refractivity contribution is 6.11. The smallest absolute Gasteiger partial charge is 0.357 e. The summed E-state index contributed by atoms with van der Waals surface area (Å²) in [6, 6.07) is 24.8. The molecule has 4 rings (SSSR count). The molecule has 4 aromatic rings. The minimum absolute atomic E-state index is 0. The number of ether oxygens (including phenoxy) is 3. The maximum Gasteiger partial charge on any atom is 0.357 e. The van der Waals surface area contributed by atoms with Crippen LogP contribution in [0.25, 0.3) is 10.9 Å². The molecule has 1 N–H and O–H groups in total. The molecule has 8 nitrogen and oxygen atoms in total. The van der Waals surface area contributed by atoms with Crippen molar-refractivity contribution in [2.75, 3.05) is 13.3 Å². The molecule has 44 heavy (non-hydrogen) atoms. The number of halogens is 1. The standard InChI is InChI=1S/C35H40N2O6.ClH/c1-34(2,3)33(40)43-23-42-32(39)28-19-27-26(17-18-30(31(27)36-28)41-22-25-15-11-8-12-16-25)29(38)21-37(35(4,5)6)20-24-13-9-7-10-14-24;/h7-19,36H,20-23H2,1-6H3;1H. The number of rotatable bonds is 11. The molecule has 0 aliphatic heterocycles. The van der Waals surface area contributed by atoms with Gasteiger partial charge in [0.25, 0.3) is 0 Å². The van der Waals surface area contributed by atoms with Crippen molar-refractivity contribution in [1.82, 2.24) is 9.88 Å². The van der Waals surface area contributed by atoms with Gasteiger partial charge in [-0.1, -0.05) is 60.7 Å². The zero-order valence-electron chi connectivity index (χ0n) is 26.1. The maximum absolute atomic E-state index is 13.8. The first kappa shape index (κ1) is 34.4. The average molecular weight is 621 g/mol. The molecule has 234 valence electrons. The molecule has 3 aromatic carbocycles. The van der Waals surface area contributed by atoms with Crippen molar-refractivity contribution in [2.45, 2.75) is 60.2 Å². The van der Waals surface area contributed by atoms with Gasteiger partial charge in [-0.3, -0.25) is 14.5 Å². The predicted molar refractivity (Wildman–Crippen MR) is 173 cm³/mol. The van der Waals surface area contributed by atoms with E-state index in [1.54, 1.807) is 39.0 Å². The molecule has 0 atom stereocenters. The zero-order chi connectivity index (χ0) is 31.2. The molecule has 0 aliphatic carbocycles. The van der Waals surface area contributed by atoms with Gasteiger partial charge in [0.1, 0.15) is 18.1 Å². The first-order chi connectivity index (χ1) is 20.3. The van der Waals surface area contributed by atoms with Crippen LogP contribution in [0.1, 0.15) is 73.5 Å². The number of nitrogens with one attached hydrogen (secondary N) is 1. The van der Waals surface area contributed by atoms with Crippen LogP contribution in [0.15, 0.2) is 78.9 Å². The van der Waals surface area contributed by atoms with Crippen molar-refractivity contribution in [3.63, 3.8) is 0 Å². The topological polar surface area (TPSA) is 97.9 Å². The van der Waals surface area contributed by atoms with E-state index in [-0.39, 0.29) is 36.0 Å².